The molecule has 4 heterocycles. The third-order valence-corrected chi connectivity index (χ3v) is 5.14. The lowest BCUT2D eigenvalue weighted by molar-refractivity contribution is 0.0698. The van der Waals surface area contributed by atoms with Gasteiger partial charge in [-0.25, -0.2) is 9.97 Å². The second-order valence-electron chi connectivity index (χ2n) is 6.21. The fourth-order valence-corrected chi connectivity index (χ4v) is 3.83. The van der Waals surface area contributed by atoms with Crippen LogP contribution in [0.4, 0.5) is 0 Å². The molecule has 1 aliphatic heterocycles. The number of hydrogen-bond donors (Lipinski definition) is 1. The molecule has 1 atom stereocenters. The quantitative estimate of drug-likeness (QED) is 0.767. The smallest absolute Gasteiger partial charge is 0.274 e. The SMILES string of the molecule is O=C(c1cnccn1)N1CCC[C@@H](c2nc(-c3ccsc3)cc(=O)[nH]2)C1. The van der Waals surface area contributed by atoms with Crippen LogP contribution >= 0.6 is 11.3 Å². The minimum atomic E-state index is -0.173. The minimum Gasteiger partial charge on any atom is -0.337 e. The van der Waals surface area contributed by atoms with Gasteiger partial charge >= 0.3 is 0 Å². The second-order valence-corrected chi connectivity index (χ2v) is 6.99. The van der Waals surface area contributed by atoms with Gasteiger partial charge in [-0.05, 0) is 24.3 Å². The summed E-state index contributed by atoms with van der Waals surface area (Å²) in [5, 5.41) is 3.93. The van der Waals surface area contributed by atoms with Crippen LogP contribution < -0.4 is 5.56 Å². The van der Waals surface area contributed by atoms with Gasteiger partial charge in [0, 0.05) is 48.4 Å². The zero-order valence-corrected chi connectivity index (χ0v) is 14.8. The summed E-state index contributed by atoms with van der Waals surface area (Å²) in [5.41, 5.74) is 1.77. The maximum Gasteiger partial charge on any atom is 0.274 e. The molecule has 0 aliphatic carbocycles. The molecule has 1 aliphatic rings. The molecule has 26 heavy (non-hydrogen) atoms. The molecule has 8 heteroatoms. The highest BCUT2D eigenvalue weighted by molar-refractivity contribution is 7.08. The monoisotopic (exact) mass is 367 g/mol. The lowest BCUT2D eigenvalue weighted by Crippen LogP contribution is -2.40. The van der Waals surface area contributed by atoms with Crippen molar-refractivity contribution in [1.29, 1.82) is 0 Å². The zero-order valence-electron chi connectivity index (χ0n) is 14.0. The summed E-state index contributed by atoms with van der Waals surface area (Å²) in [6.07, 6.45) is 6.25. The highest BCUT2D eigenvalue weighted by atomic mass is 32.1. The topological polar surface area (TPSA) is 91.8 Å². The Hall–Kier alpha value is -2.87. The number of likely N-dealkylation sites (tertiary alicyclic amines) is 1. The zero-order chi connectivity index (χ0) is 17.9. The number of nitrogens with one attached hydrogen (secondary N) is 1. The molecule has 4 rings (SSSR count). The van der Waals surface area contributed by atoms with E-state index in [-0.39, 0.29) is 17.4 Å². The number of H-pyrrole nitrogens is 1. The van der Waals surface area contributed by atoms with Gasteiger partial charge in [0.25, 0.3) is 11.5 Å². The van der Waals surface area contributed by atoms with E-state index in [1.165, 1.54) is 18.5 Å². The summed E-state index contributed by atoms with van der Waals surface area (Å²) < 4.78 is 0. The molecule has 0 aromatic carbocycles. The minimum absolute atomic E-state index is 0.00402. The molecule has 3 aromatic heterocycles. The third-order valence-electron chi connectivity index (χ3n) is 4.45. The van der Waals surface area contributed by atoms with Gasteiger partial charge in [-0.3, -0.25) is 14.6 Å². The average molecular weight is 367 g/mol. The van der Waals surface area contributed by atoms with Crippen molar-refractivity contribution in [3.05, 3.63) is 63.4 Å². The maximum atomic E-state index is 12.6. The number of hydrogen-bond acceptors (Lipinski definition) is 6. The summed E-state index contributed by atoms with van der Waals surface area (Å²) in [4.78, 5) is 42.0. The van der Waals surface area contributed by atoms with Crippen molar-refractivity contribution >= 4 is 17.2 Å². The Morgan fingerprint density at radius 3 is 3.04 bits per heavy atom. The van der Waals surface area contributed by atoms with Crippen LogP contribution in [0.3, 0.4) is 0 Å². The number of carbonyl (C=O) groups is 1. The molecule has 1 saturated heterocycles. The summed E-state index contributed by atoms with van der Waals surface area (Å²) in [7, 11) is 0. The van der Waals surface area contributed by atoms with E-state index in [0.717, 1.165) is 18.4 Å². The van der Waals surface area contributed by atoms with Gasteiger partial charge in [0.15, 0.2) is 0 Å². The van der Waals surface area contributed by atoms with Gasteiger partial charge < -0.3 is 9.88 Å². The maximum absolute atomic E-state index is 12.6. The first kappa shape index (κ1) is 16.6. The number of rotatable bonds is 3. The molecule has 1 N–H and O–H groups in total. The number of piperidine rings is 1. The Bertz CT molecular complexity index is 955. The standard InChI is InChI=1S/C18H17N5O2S/c24-16-8-14(13-3-7-26-11-13)21-17(22-16)12-2-1-6-23(10-12)18(25)15-9-19-4-5-20-15/h3-5,7-9,11-12H,1-2,6,10H2,(H,21,22,24)/t12-/m1/s1. The number of nitrogens with zero attached hydrogens (tertiary/aromatic N) is 4. The molecule has 7 nitrogen and oxygen atoms in total. The van der Waals surface area contributed by atoms with E-state index in [0.29, 0.717) is 30.3 Å². The van der Waals surface area contributed by atoms with Crippen LogP contribution in [0.25, 0.3) is 11.3 Å². The Kier molecular flexibility index (Phi) is 4.57. The molecule has 0 saturated carbocycles. The number of aromatic nitrogens is 4. The predicted octanol–water partition coefficient (Wildman–Crippen LogP) is 2.31. The highest BCUT2D eigenvalue weighted by Crippen LogP contribution is 2.26. The summed E-state index contributed by atoms with van der Waals surface area (Å²) in [5.74, 6) is 0.491. The molecule has 132 valence electrons. The van der Waals surface area contributed by atoms with Gasteiger partial charge in [0.1, 0.15) is 11.5 Å². The van der Waals surface area contributed by atoms with Crippen molar-refractivity contribution in [3.63, 3.8) is 0 Å². The average Bonchev–Trinajstić information content (AvgIpc) is 3.23. The van der Waals surface area contributed by atoms with E-state index in [9.17, 15) is 9.59 Å². The first-order valence-corrected chi connectivity index (χ1v) is 9.34. The predicted molar refractivity (Wildman–Crippen MR) is 98.1 cm³/mol. The summed E-state index contributed by atoms with van der Waals surface area (Å²) >= 11 is 1.57. The van der Waals surface area contributed by atoms with Gasteiger partial charge in [-0.2, -0.15) is 11.3 Å². The van der Waals surface area contributed by atoms with Gasteiger partial charge in [-0.1, -0.05) is 0 Å². The largest absolute Gasteiger partial charge is 0.337 e. The van der Waals surface area contributed by atoms with Crippen LogP contribution in [0.15, 0.2) is 46.3 Å². The summed E-state index contributed by atoms with van der Waals surface area (Å²) in [6.45, 7) is 1.17. The number of thiophene rings is 1. The molecule has 0 spiro atoms. The van der Waals surface area contributed by atoms with Crippen molar-refractivity contribution in [3.8, 4) is 11.3 Å². The first-order chi connectivity index (χ1) is 12.7. The number of carbonyl (C=O) groups excluding carboxylic acids is 1. The fourth-order valence-electron chi connectivity index (χ4n) is 3.18. The lowest BCUT2D eigenvalue weighted by atomic mass is 9.96. The van der Waals surface area contributed by atoms with E-state index in [1.807, 2.05) is 16.8 Å². The number of amides is 1. The summed E-state index contributed by atoms with van der Waals surface area (Å²) in [6, 6.07) is 3.46. The molecular formula is C18H17N5O2S. The Morgan fingerprint density at radius 2 is 2.27 bits per heavy atom. The lowest BCUT2D eigenvalue weighted by Gasteiger charge is -2.32. The normalized spacial score (nSPS) is 17.2. The van der Waals surface area contributed by atoms with E-state index in [2.05, 4.69) is 19.9 Å². The fraction of sp³-hybridized carbons (Fsp3) is 0.278. The van der Waals surface area contributed by atoms with Crippen LogP contribution in [0.5, 0.6) is 0 Å². The highest BCUT2D eigenvalue weighted by Gasteiger charge is 2.28. The van der Waals surface area contributed by atoms with E-state index in [4.69, 9.17) is 0 Å². The van der Waals surface area contributed by atoms with Crippen molar-refractivity contribution in [2.45, 2.75) is 18.8 Å². The van der Waals surface area contributed by atoms with Crippen molar-refractivity contribution in [1.82, 2.24) is 24.8 Å². The number of aromatic amines is 1. The molecule has 3 aromatic rings. The molecule has 1 fully saturated rings. The van der Waals surface area contributed by atoms with Gasteiger partial charge in [0.2, 0.25) is 0 Å². The van der Waals surface area contributed by atoms with Crippen LogP contribution in [-0.4, -0.2) is 43.8 Å². The molecule has 0 unspecified atom stereocenters. The van der Waals surface area contributed by atoms with E-state index in [1.54, 1.807) is 22.4 Å². The van der Waals surface area contributed by atoms with Crippen LogP contribution in [0.1, 0.15) is 35.1 Å². The van der Waals surface area contributed by atoms with Crippen molar-refractivity contribution < 1.29 is 4.79 Å². The Balaban J connectivity index is 1.58. The Morgan fingerprint density at radius 1 is 1.35 bits per heavy atom. The first-order valence-electron chi connectivity index (χ1n) is 8.40. The molecule has 0 bridgehead atoms. The van der Waals surface area contributed by atoms with Crippen LogP contribution in [0, 0.1) is 0 Å². The second kappa shape index (κ2) is 7.17. The van der Waals surface area contributed by atoms with E-state index < -0.39 is 0 Å². The van der Waals surface area contributed by atoms with Crippen LogP contribution in [0.2, 0.25) is 0 Å². The van der Waals surface area contributed by atoms with Crippen molar-refractivity contribution in [2.24, 2.45) is 0 Å². The van der Waals surface area contributed by atoms with Crippen LogP contribution in [-0.2, 0) is 0 Å². The molecular weight excluding hydrogens is 350 g/mol. The van der Waals surface area contributed by atoms with Gasteiger partial charge in [0.05, 0.1) is 11.9 Å². The third kappa shape index (κ3) is 3.41. The van der Waals surface area contributed by atoms with Gasteiger partial charge in [-0.15, -0.1) is 0 Å². The molecule has 0 radical (unpaired) electrons. The Labute approximate surface area is 153 Å². The molecule has 1 amide bonds. The van der Waals surface area contributed by atoms with Crippen molar-refractivity contribution in [2.75, 3.05) is 13.1 Å². The van der Waals surface area contributed by atoms with E-state index >= 15 is 0 Å².